The van der Waals surface area contributed by atoms with Gasteiger partial charge in [-0.3, -0.25) is 9.59 Å². The molecule has 5 nitrogen and oxygen atoms in total. The van der Waals surface area contributed by atoms with Crippen molar-refractivity contribution in [1.29, 1.82) is 0 Å². The van der Waals surface area contributed by atoms with Crippen molar-refractivity contribution in [2.75, 3.05) is 19.7 Å². The Morgan fingerprint density at radius 1 is 1.32 bits per heavy atom. The van der Waals surface area contributed by atoms with Crippen LogP contribution in [0.1, 0.15) is 22.8 Å². The van der Waals surface area contributed by atoms with Gasteiger partial charge in [0.25, 0.3) is 5.91 Å². The van der Waals surface area contributed by atoms with E-state index in [9.17, 15) is 9.59 Å². The molecular formula is C14H16N2O3. The standard InChI is InChI=1S/C14H16N2O3/c1-2-19-13(17)10-16-14(18)12-7-5-11(6-8-12)4-3-9-15/h5-8H,2,9-10,15H2,1H3,(H,16,18). The number of ether oxygens (including phenoxy) is 1. The number of carbonyl (C=O) groups is 2. The molecule has 0 aliphatic carbocycles. The highest BCUT2D eigenvalue weighted by molar-refractivity contribution is 5.95. The molecule has 0 radical (unpaired) electrons. The summed E-state index contributed by atoms with van der Waals surface area (Å²) >= 11 is 0. The molecule has 0 unspecified atom stereocenters. The van der Waals surface area contributed by atoms with Gasteiger partial charge in [0.1, 0.15) is 6.54 Å². The summed E-state index contributed by atoms with van der Waals surface area (Å²) in [6.07, 6.45) is 0. The Balaban J connectivity index is 2.55. The number of benzene rings is 1. The van der Waals surface area contributed by atoms with E-state index in [4.69, 9.17) is 10.5 Å². The van der Waals surface area contributed by atoms with E-state index < -0.39 is 5.97 Å². The zero-order valence-corrected chi connectivity index (χ0v) is 10.7. The summed E-state index contributed by atoms with van der Waals surface area (Å²) in [6, 6.07) is 6.73. The van der Waals surface area contributed by atoms with Crippen molar-refractivity contribution in [2.24, 2.45) is 5.73 Å². The zero-order valence-electron chi connectivity index (χ0n) is 10.7. The third-order valence-corrected chi connectivity index (χ3v) is 2.18. The molecule has 0 saturated heterocycles. The lowest BCUT2D eigenvalue weighted by molar-refractivity contribution is -0.141. The Labute approximate surface area is 112 Å². The molecule has 0 heterocycles. The van der Waals surface area contributed by atoms with Gasteiger partial charge >= 0.3 is 5.97 Å². The molecule has 0 bridgehead atoms. The van der Waals surface area contributed by atoms with E-state index in [-0.39, 0.29) is 12.5 Å². The number of nitrogens with two attached hydrogens (primary N) is 1. The molecule has 19 heavy (non-hydrogen) atoms. The number of hydrogen-bond donors (Lipinski definition) is 2. The Bertz CT molecular complexity index is 498. The predicted molar refractivity (Wildman–Crippen MR) is 71.3 cm³/mol. The second-order valence-corrected chi connectivity index (χ2v) is 3.57. The summed E-state index contributed by atoms with van der Waals surface area (Å²) in [7, 11) is 0. The van der Waals surface area contributed by atoms with Crippen molar-refractivity contribution in [2.45, 2.75) is 6.92 Å². The van der Waals surface area contributed by atoms with Gasteiger partial charge in [0.05, 0.1) is 13.2 Å². The molecule has 0 spiro atoms. The zero-order chi connectivity index (χ0) is 14.1. The van der Waals surface area contributed by atoms with Gasteiger partial charge < -0.3 is 15.8 Å². The van der Waals surface area contributed by atoms with Gasteiger partial charge in [-0.25, -0.2) is 0 Å². The SMILES string of the molecule is CCOC(=O)CNC(=O)c1ccc(C#CCN)cc1. The fourth-order valence-electron chi connectivity index (χ4n) is 1.32. The minimum absolute atomic E-state index is 0.137. The van der Waals surface area contributed by atoms with E-state index in [1.807, 2.05) is 0 Å². The van der Waals surface area contributed by atoms with Crippen LogP contribution in [0, 0.1) is 11.8 Å². The van der Waals surface area contributed by atoms with Crippen LogP contribution in [0.4, 0.5) is 0 Å². The largest absolute Gasteiger partial charge is 0.465 e. The van der Waals surface area contributed by atoms with Crippen LogP contribution in [0.3, 0.4) is 0 Å². The first-order valence-corrected chi connectivity index (χ1v) is 5.90. The molecule has 0 aromatic heterocycles. The molecule has 0 atom stereocenters. The third kappa shape index (κ3) is 5.23. The first-order valence-electron chi connectivity index (χ1n) is 5.90. The lowest BCUT2D eigenvalue weighted by Crippen LogP contribution is -2.30. The number of hydrogen-bond acceptors (Lipinski definition) is 4. The number of esters is 1. The number of carbonyl (C=O) groups excluding carboxylic acids is 2. The Hall–Kier alpha value is -2.32. The normalized spacial score (nSPS) is 9.16. The first-order chi connectivity index (χ1) is 9.17. The van der Waals surface area contributed by atoms with E-state index in [2.05, 4.69) is 17.2 Å². The minimum Gasteiger partial charge on any atom is -0.465 e. The van der Waals surface area contributed by atoms with Crippen molar-refractivity contribution in [1.82, 2.24) is 5.32 Å². The average Bonchev–Trinajstić information content (AvgIpc) is 2.43. The van der Waals surface area contributed by atoms with Crippen molar-refractivity contribution in [3.63, 3.8) is 0 Å². The van der Waals surface area contributed by atoms with Crippen LogP contribution in [-0.2, 0) is 9.53 Å². The summed E-state index contributed by atoms with van der Waals surface area (Å²) in [5.74, 6) is 4.80. The summed E-state index contributed by atoms with van der Waals surface area (Å²) in [4.78, 5) is 22.8. The minimum atomic E-state index is -0.457. The van der Waals surface area contributed by atoms with Crippen molar-refractivity contribution in [3.8, 4) is 11.8 Å². The molecule has 1 aromatic rings. The van der Waals surface area contributed by atoms with Crippen LogP contribution in [0.25, 0.3) is 0 Å². The molecule has 0 fully saturated rings. The predicted octanol–water partition coefficient (Wildman–Crippen LogP) is 0.290. The smallest absolute Gasteiger partial charge is 0.325 e. The fraction of sp³-hybridized carbons (Fsp3) is 0.286. The lowest BCUT2D eigenvalue weighted by atomic mass is 10.1. The molecule has 1 aromatic carbocycles. The summed E-state index contributed by atoms with van der Waals surface area (Å²) < 4.78 is 4.71. The van der Waals surface area contributed by atoms with E-state index in [1.54, 1.807) is 31.2 Å². The molecule has 1 rings (SSSR count). The van der Waals surface area contributed by atoms with Gasteiger partial charge in [0, 0.05) is 11.1 Å². The molecule has 0 aliphatic heterocycles. The van der Waals surface area contributed by atoms with Crippen LogP contribution in [0.2, 0.25) is 0 Å². The van der Waals surface area contributed by atoms with Crippen LogP contribution in [-0.4, -0.2) is 31.6 Å². The molecule has 3 N–H and O–H groups in total. The van der Waals surface area contributed by atoms with Gasteiger partial charge in [-0.2, -0.15) is 0 Å². The van der Waals surface area contributed by atoms with Crippen molar-refractivity contribution < 1.29 is 14.3 Å². The molecule has 100 valence electrons. The monoisotopic (exact) mass is 260 g/mol. The summed E-state index contributed by atoms with van der Waals surface area (Å²) in [6.45, 7) is 2.16. The maximum absolute atomic E-state index is 11.7. The van der Waals surface area contributed by atoms with Crippen LogP contribution in [0.15, 0.2) is 24.3 Å². The van der Waals surface area contributed by atoms with Gasteiger partial charge in [0.15, 0.2) is 0 Å². The molecule has 0 aliphatic rings. The second-order valence-electron chi connectivity index (χ2n) is 3.57. The van der Waals surface area contributed by atoms with Gasteiger partial charge in [-0.05, 0) is 31.2 Å². The highest BCUT2D eigenvalue weighted by atomic mass is 16.5. The van der Waals surface area contributed by atoms with E-state index in [0.717, 1.165) is 5.56 Å². The lowest BCUT2D eigenvalue weighted by Gasteiger charge is -2.04. The van der Waals surface area contributed by atoms with Crippen molar-refractivity contribution in [3.05, 3.63) is 35.4 Å². The fourth-order valence-corrected chi connectivity index (χ4v) is 1.32. The van der Waals surface area contributed by atoms with Gasteiger partial charge in [-0.15, -0.1) is 0 Å². The van der Waals surface area contributed by atoms with Gasteiger partial charge in [-0.1, -0.05) is 11.8 Å². The number of amides is 1. The number of nitrogens with one attached hydrogen (secondary N) is 1. The van der Waals surface area contributed by atoms with Crippen molar-refractivity contribution >= 4 is 11.9 Å². The molecule has 5 heteroatoms. The molecule has 1 amide bonds. The average molecular weight is 260 g/mol. The van der Waals surface area contributed by atoms with Gasteiger partial charge in [0.2, 0.25) is 0 Å². The highest BCUT2D eigenvalue weighted by Crippen LogP contribution is 2.03. The van der Waals surface area contributed by atoms with E-state index >= 15 is 0 Å². The highest BCUT2D eigenvalue weighted by Gasteiger charge is 2.07. The summed E-state index contributed by atoms with van der Waals surface area (Å²) in [5.41, 5.74) is 6.51. The Morgan fingerprint density at radius 3 is 2.58 bits per heavy atom. The second kappa shape index (κ2) is 7.90. The van der Waals surface area contributed by atoms with Crippen LogP contribution >= 0.6 is 0 Å². The van der Waals surface area contributed by atoms with E-state index in [0.29, 0.717) is 18.7 Å². The maximum atomic E-state index is 11.7. The topological polar surface area (TPSA) is 81.4 Å². The van der Waals surface area contributed by atoms with E-state index in [1.165, 1.54) is 0 Å². The number of rotatable bonds is 4. The van der Waals surface area contributed by atoms with Crippen LogP contribution in [0.5, 0.6) is 0 Å². The Kier molecular flexibility index (Phi) is 6.13. The molecule has 0 saturated carbocycles. The molecular weight excluding hydrogens is 244 g/mol. The summed E-state index contributed by atoms with van der Waals surface area (Å²) in [5, 5.41) is 2.48. The Morgan fingerprint density at radius 2 is 2.00 bits per heavy atom. The van der Waals surface area contributed by atoms with Crippen LogP contribution < -0.4 is 11.1 Å². The first kappa shape index (κ1) is 14.7. The maximum Gasteiger partial charge on any atom is 0.325 e. The quantitative estimate of drug-likeness (QED) is 0.602. The third-order valence-electron chi connectivity index (χ3n) is 2.18.